The highest BCUT2D eigenvalue weighted by atomic mass is 35.5. The van der Waals surface area contributed by atoms with Gasteiger partial charge < -0.3 is 9.97 Å². The molecule has 2 rings (SSSR count). The molecule has 0 bridgehead atoms. The fraction of sp³-hybridized carbons (Fsp3) is 0.308. The Morgan fingerprint density at radius 1 is 1.24 bits per heavy atom. The summed E-state index contributed by atoms with van der Waals surface area (Å²) in [4.78, 5) is 6.19. The molecule has 0 fully saturated rings. The van der Waals surface area contributed by atoms with Crippen molar-refractivity contribution in [3.8, 4) is 0 Å². The van der Waals surface area contributed by atoms with Crippen molar-refractivity contribution in [3.63, 3.8) is 0 Å². The van der Waals surface area contributed by atoms with Crippen molar-refractivity contribution in [2.45, 2.75) is 26.7 Å². The van der Waals surface area contributed by atoms with E-state index >= 15 is 0 Å². The first-order valence-corrected chi connectivity index (χ1v) is 5.84. The number of aryl methyl sites for hydroxylation is 1. The third kappa shape index (κ3) is 2.79. The van der Waals surface area contributed by atoms with E-state index in [0.717, 1.165) is 5.69 Å². The minimum Gasteiger partial charge on any atom is -0.337 e. The first-order valence-electron chi connectivity index (χ1n) is 5.43. The van der Waals surface area contributed by atoms with Crippen LogP contribution in [0, 0.1) is 18.6 Å². The molecule has 1 unspecified atom stereocenters. The van der Waals surface area contributed by atoms with Crippen LogP contribution >= 0.6 is 24.6 Å². The number of benzene rings is 1. The Bertz CT molecular complexity index is 557. The Kier molecular flexibility index (Phi) is 4.54. The maximum atomic E-state index is 5.05. The molecule has 0 amide bonds. The molecule has 0 aliphatic heterocycles. The van der Waals surface area contributed by atoms with E-state index in [1.807, 2.05) is 6.20 Å². The number of hydrogen-bond acceptors (Lipinski definition) is 1. The molecule has 1 aromatic carbocycles. The largest absolute Gasteiger partial charge is 0.337 e. The van der Waals surface area contributed by atoms with Gasteiger partial charge in [-0.25, -0.2) is 0 Å². The van der Waals surface area contributed by atoms with Crippen molar-refractivity contribution in [2.75, 3.05) is 0 Å². The van der Waals surface area contributed by atoms with Gasteiger partial charge in [-0.05, 0) is 42.8 Å². The fourth-order valence-electron chi connectivity index (χ4n) is 1.99. The van der Waals surface area contributed by atoms with Crippen LogP contribution in [0.25, 0.3) is 0 Å². The number of aromatic nitrogens is 2. The van der Waals surface area contributed by atoms with Crippen LogP contribution in [0.2, 0.25) is 0 Å². The van der Waals surface area contributed by atoms with Crippen LogP contribution in [-0.4, -0.2) is 9.97 Å². The molecule has 2 N–H and O–H groups in total. The molecule has 1 aromatic heterocycles. The third-order valence-corrected chi connectivity index (χ3v) is 3.42. The zero-order valence-corrected chi connectivity index (χ0v) is 11.8. The van der Waals surface area contributed by atoms with Crippen LogP contribution in [-0.2, 0) is 0 Å². The molecule has 4 heteroatoms. The predicted molar refractivity (Wildman–Crippen MR) is 76.7 cm³/mol. The number of halogens is 1. The Hall–Kier alpha value is -1.06. The lowest BCUT2D eigenvalue weighted by molar-refractivity contribution is 0.869. The summed E-state index contributed by atoms with van der Waals surface area (Å²) in [6.45, 7) is 6.50. The SMILES string of the molecule is Cc1cccc(C(C)c2c[nH]c(=S)[nH]2)c1C.Cl. The van der Waals surface area contributed by atoms with Gasteiger partial charge in [0, 0.05) is 17.8 Å². The maximum Gasteiger partial charge on any atom is 0.174 e. The summed E-state index contributed by atoms with van der Waals surface area (Å²) in [5.74, 6) is 0.341. The molecular formula is C13H17ClN2S. The number of hydrogen-bond donors (Lipinski definition) is 2. The summed E-state index contributed by atoms with van der Waals surface area (Å²) in [5, 5.41) is 0. The van der Waals surface area contributed by atoms with Crippen molar-refractivity contribution in [1.29, 1.82) is 0 Å². The van der Waals surface area contributed by atoms with Crippen LogP contribution in [0.1, 0.15) is 35.2 Å². The van der Waals surface area contributed by atoms with Gasteiger partial charge in [0.15, 0.2) is 4.77 Å². The topological polar surface area (TPSA) is 31.6 Å². The van der Waals surface area contributed by atoms with Gasteiger partial charge in [-0.15, -0.1) is 12.4 Å². The van der Waals surface area contributed by atoms with Gasteiger partial charge >= 0.3 is 0 Å². The predicted octanol–water partition coefficient (Wildman–Crippen LogP) is 4.26. The summed E-state index contributed by atoms with van der Waals surface area (Å²) in [6, 6.07) is 6.43. The van der Waals surface area contributed by atoms with Crippen LogP contribution in [0.3, 0.4) is 0 Å². The molecule has 2 aromatic rings. The summed E-state index contributed by atoms with van der Waals surface area (Å²) in [7, 11) is 0. The fourth-order valence-corrected chi connectivity index (χ4v) is 2.17. The normalized spacial score (nSPS) is 11.9. The average molecular weight is 269 g/mol. The summed E-state index contributed by atoms with van der Waals surface area (Å²) >= 11 is 5.05. The Morgan fingerprint density at radius 2 is 1.94 bits per heavy atom. The molecule has 17 heavy (non-hydrogen) atoms. The van der Waals surface area contributed by atoms with E-state index in [0.29, 0.717) is 10.7 Å². The van der Waals surface area contributed by atoms with Crippen molar-refractivity contribution in [1.82, 2.24) is 9.97 Å². The molecule has 1 heterocycles. The zero-order valence-electron chi connectivity index (χ0n) is 10.2. The smallest absolute Gasteiger partial charge is 0.174 e. The highest BCUT2D eigenvalue weighted by Gasteiger charge is 2.12. The Balaban J connectivity index is 0.00000144. The minimum absolute atomic E-state index is 0. The number of aromatic amines is 2. The second-order valence-electron chi connectivity index (χ2n) is 4.21. The molecule has 0 radical (unpaired) electrons. The second-order valence-corrected chi connectivity index (χ2v) is 4.62. The van der Waals surface area contributed by atoms with Crippen molar-refractivity contribution >= 4 is 24.6 Å². The number of rotatable bonds is 2. The van der Waals surface area contributed by atoms with E-state index < -0.39 is 0 Å². The number of H-pyrrole nitrogens is 2. The molecule has 2 nitrogen and oxygen atoms in total. The molecule has 0 aliphatic rings. The van der Waals surface area contributed by atoms with Crippen LogP contribution in [0.15, 0.2) is 24.4 Å². The lowest BCUT2D eigenvalue weighted by atomic mass is 9.92. The van der Waals surface area contributed by atoms with Crippen molar-refractivity contribution in [2.24, 2.45) is 0 Å². The first kappa shape index (κ1) is 14.0. The quantitative estimate of drug-likeness (QED) is 0.784. The van der Waals surface area contributed by atoms with Gasteiger partial charge in [-0.2, -0.15) is 0 Å². The molecule has 0 saturated heterocycles. The summed E-state index contributed by atoms with van der Waals surface area (Å²) < 4.78 is 0.687. The highest BCUT2D eigenvalue weighted by Crippen LogP contribution is 2.26. The van der Waals surface area contributed by atoms with E-state index in [1.165, 1.54) is 16.7 Å². The van der Waals surface area contributed by atoms with Crippen molar-refractivity contribution in [3.05, 3.63) is 51.6 Å². The molecule has 92 valence electrons. The molecule has 1 atom stereocenters. The third-order valence-electron chi connectivity index (χ3n) is 3.20. The molecule has 0 saturated carbocycles. The molecular weight excluding hydrogens is 252 g/mol. The summed E-state index contributed by atoms with van der Waals surface area (Å²) in [6.07, 6.45) is 1.95. The highest BCUT2D eigenvalue weighted by molar-refractivity contribution is 7.71. The minimum atomic E-state index is 0. The maximum absolute atomic E-state index is 5.05. The Labute approximate surface area is 113 Å². The van der Waals surface area contributed by atoms with Crippen molar-refractivity contribution < 1.29 is 0 Å². The Morgan fingerprint density at radius 3 is 2.53 bits per heavy atom. The van der Waals surface area contributed by atoms with Gasteiger partial charge in [0.05, 0.1) is 0 Å². The van der Waals surface area contributed by atoms with Crippen LogP contribution in [0.5, 0.6) is 0 Å². The summed E-state index contributed by atoms with van der Waals surface area (Å²) in [5.41, 5.74) is 5.18. The average Bonchev–Trinajstić information content (AvgIpc) is 2.68. The standard InChI is InChI=1S/C13H16N2S.ClH/c1-8-5-4-6-11(9(8)2)10(3)12-7-14-13(16)15-12;/h4-7,10H,1-3H3,(H2,14,15,16);1H. The van der Waals surface area contributed by atoms with Gasteiger partial charge in [-0.1, -0.05) is 25.1 Å². The number of nitrogens with one attached hydrogen (secondary N) is 2. The van der Waals surface area contributed by atoms with E-state index in [1.54, 1.807) is 0 Å². The van der Waals surface area contributed by atoms with E-state index in [9.17, 15) is 0 Å². The molecule has 0 aliphatic carbocycles. The van der Waals surface area contributed by atoms with Gasteiger partial charge in [0.1, 0.15) is 0 Å². The van der Waals surface area contributed by atoms with Gasteiger partial charge in [-0.3, -0.25) is 0 Å². The lowest BCUT2D eigenvalue weighted by Crippen LogP contribution is -2.00. The number of imidazole rings is 1. The first-order chi connectivity index (χ1) is 7.59. The zero-order chi connectivity index (χ0) is 11.7. The molecule has 0 spiro atoms. The van der Waals surface area contributed by atoms with E-state index in [2.05, 4.69) is 48.9 Å². The second kappa shape index (κ2) is 5.52. The lowest BCUT2D eigenvalue weighted by Gasteiger charge is -2.14. The monoisotopic (exact) mass is 268 g/mol. The van der Waals surface area contributed by atoms with Crippen LogP contribution < -0.4 is 0 Å². The van der Waals surface area contributed by atoms with Gasteiger partial charge in [0.25, 0.3) is 0 Å². The van der Waals surface area contributed by atoms with Gasteiger partial charge in [0.2, 0.25) is 0 Å². The van der Waals surface area contributed by atoms with E-state index in [4.69, 9.17) is 12.2 Å². The van der Waals surface area contributed by atoms with Crippen LogP contribution in [0.4, 0.5) is 0 Å². The van der Waals surface area contributed by atoms with E-state index in [-0.39, 0.29) is 12.4 Å².